The highest BCUT2D eigenvalue weighted by molar-refractivity contribution is 7.98. The van der Waals surface area contributed by atoms with E-state index >= 15 is 0 Å². The van der Waals surface area contributed by atoms with Gasteiger partial charge in [0, 0.05) is 17.2 Å². The SMILES string of the molecule is CSCc1nnc(SCc2cc(=O)oc3c(C)c(C)ccc23)o1. The smallest absolute Gasteiger partial charge is 0.336 e. The fourth-order valence-corrected chi connectivity index (χ4v) is 3.40. The molecule has 2 heterocycles. The minimum atomic E-state index is -0.338. The van der Waals surface area contributed by atoms with Crippen LogP contribution >= 0.6 is 23.5 Å². The highest BCUT2D eigenvalue weighted by atomic mass is 32.2. The van der Waals surface area contributed by atoms with E-state index < -0.39 is 0 Å². The maximum absolute atomic E-state index is 11.8. The van der Waals surface area contributed by atoms with Gasteiger partial charge in [-0.2, -0.15) is 11.8 Å². The molecule has 0 N–H and O–H groups in total. The third-order valence-electron chi connectivity index (χ3n) is 3.58. The molecule has 5 nitrogen and oxygen atoms in total. The molecular formula is C16H16N2O3S2. The van der Waals surface area contributed by atoms with Crippen LogP contribution < -0.4 is 5.63 Å². The van der Waals surface area contributed by atoms with Crippen molar-refractivity contribution in [3.05, 3.63) is 51.2 Å². The van der Waals surface area contributed by atoms with Gasteiger partial charge < -0.3 is 8.83 Å². The van der Waals surface area contributed by atoms with Gasteiger partial charge in [-0.25, -0.2) is 4.79 Å². The molecule has 0 amide bonds. The maximum atomic E-state index is 11.8. The lowest BCUT2D eigenvalue weighted by Gasteiger charge is -2.07. The summed E-state index contributed by atoms with van der Waals surface area (Å²) in [6.07, 6.45) is 1.98. The van der Waals surface area contributed by atoms with Crippen molar-refractivity contribution in [3.8, 4) is 0 Å². The van der Waals surface area contributed by atoms with Crippen molar-refractivity contribution in [1.29, 1.82) is 0 Å². The molecule has 3 rings (SSSR count). The molecule has 0 atom stereocenters. The average molecular weight is 348 g/mol. The minimum Gasteiger partial charge on any atom is -0.422 e. The fraction of sp³-hybridized carbons (Fsp3) is 0.312. The normalized spacial score (nSPS) is 11.3. The minimum absolute atomic E-state index is 0.338. The van der Waals surface area contributed by atoms with E-state index in [0.29, 0.717) is 28.2 Å². The fourth-order valence-electron chi connectivity index (χ4n) is 2.26. The van der Waals surface area contributed by atoms with Crippen molar-refractivity contribution in [3.63, 3.8) is 0 Å². The molecular weight excluding hydrogens is 332 g/mol. The quantitative estimate of drug-likeness (QED) is 0.511. The molecule has 0 aliphatic heterocycles. The molecule has 0 saturated carbocycles. The molecule has 0 radical (unpaired) electrons. The first-order valence-corrected chi connectivity index (χ1v) is 9.43. The van der Waals surface area contributed by atoms with Gasteiger partial charge in [-0.1, -0.05) is 23.9 Å². The molecule has 2 aromatic heterocycles. The largest absolute Gasteiger partial charge is 0.422 e. The topological polar surface area (TPSA) is 69.1 Å². The van der Waals surface area contributed by atoms with Gasteiger partial charge in [0.25, 0.3) is 5.22 Å². The van der Waals surface area contributed by atoms with Gasteiger partial charge in [-0.3, -0.25) is 0 Å². The lowest BCUT2D eigenvalue weighted by molar-refractivity contribution is 0.426. The van der Waals surface area contributed by atoms with Gasteiger partial charge in [0.1, 0.15) is 5.58 Å². The van der Waals surface area contributed by atoms with Crippen molar-refractivity contribution in [2.75, 3.05) is 6.26 Å². The number of rotatable bonds is 5. The van der Waals surface area contributed by atoms with Crippen LogP contribution in [0.2, 0.25) is 0 Å². The average Bonchev–Trinajstić information content (AvgIpc) is 2.97. The standard InChI is InChI=1S/C16H16N2O3S2/c1-9-4-5-12-11(6-14(19)21-15(12)10(9)2)7-23-16-18-17-13(20-16)8-22-3/h4-6H,7-8H2,1-3H3. The highest BCUT2D eigenvalue weighted by Crippen LogP contribution is 2.28. The first-order chi connectivity index (χ1) is 11.1. The molecule has 0 unspecified atom stereocenters. The van der Waals surface area contributed by atoms with E-state index in [2.05, 4.69) is 10.2 Å². The zero-order chi connectivity index (χ0) is 16.4. The molecule has 0 bridgehead atoms. The second kappa shape index (κ2) is 6.80. The summed E-state index contributed by atoms with van der Waals surface area (Å²) in [7, 11) is 0. The van der Waals surface area contributed by atoms with E-state index in [1.165, 1.54) is 17.8 Å². The summed E-state index contributed by atoms with van der Waals surface area (Å²) < 4.78 is 10.9. The number of hydrogen-bond donors (Lipinski definition) is 0. The zero-order valence-electron chi connectivity index (χ0n) is 13.1. The van der Waals surface area contributed by atoms with E-state index in [1.807, 2.05) is 32.2 Å². The number of aromatic nitrogens is 2. The summed E-state index contributed by atoms with van der Waals surface area (Å²) in [5.41, 5.74) is 3.32. The van der Waals surface area contributed by atoms with Crippen LogP contribution in [0.1, 0.15) is 22.6 Å². The van der Waals surface area contributed by atoms with Crippen LogP contribution in [-0.4, -0.2) is 16.5 Å². The molecule has 23 heavy (non-hydrogen) atoms. The maximum Gasteiger partial charge on any atom is 0.336 e. The third kappa shape index (κ3) is 3.45. The Hall–Kier alpha value is -1.73. The lowest BCUT2D eigenvalue weighted by Crippen LogP contribution is -2.01. The zero-order valence-corrected chi connectivity index (χ0v) is 14.7. The van der Waals surface area contributed by atoms with Gasteiger partial charge in [-0.15, -0.1) is 10.2 Å². The van der Waals surface area contributed by atoms with Gasteiger partial charge in [0.2, 0.25) is 5.89 Å². The van der Waals surface area contributed by atoms with E-state index in [9.17, 15) is 4.79 Å². The van der Waals surface area contributed by atoms with Crippen LogP contribution in [0.15, 0.2) is 37.1 Å². The first kappa shape index (κ1) is 16.1. The summed E-state index contributed by atoms with van der Waals surface area (Å²) in [6, 6.07) is 5.56. The molecule has 0 aliphatic rings. The van der Waals surface area contributed by atoms with Crippen molar-refractivity contribution >= 4 is 34.5 Å². The Balaban J connectivity index is 1.90. The van der Waals surface area contributed by atoms with E-state index in [0.717, 1.165) is 22.1 Å². The summed E-state index contributed by atoms with van der Waals surface area (Å²) in [4.78, 5) is 11.8. The first-order valence-electron chi connectivity index (χ1n) is 7.05. The molecule has 0 saturated heterocycles. The van der Waals surface area contributed by atoms with Crippen molar-refractivity contribution in [2.45, 2.75) is 30.6 Å². The molecule has 7 heteroatoms. The Morgan fingerprint density at radius 1 is 1.13 bits per heavy atom. The summed E-state index contributed by atoms with van der Waals surface area (Å²) in [5.74, 6) is 1.89. The molecule has 120 valence electrons. The van der Waals surface area contributed by atoms with Crippen LogP contribution in [0.3, 0.4) is 0 Å². The van der Waals surface area contributed by atoms with Crippen LogP contribution in [0.25, 0.3) is 11.0 Å². The number of thioether (sulfide) groups is 2. The molecule has 0 aliphatic carbocycles. The van der Waals surface area contributed by atoms with Gasteiger partial charge in [0.15, 0.2) is 0 Å². The Bertz CT molecular complexity index is 902. The second-order valence-corrected chi connectivity index (χ2v) is 6.95. The van der Waals surface area contributed by atoms with Crippen molar-refractivity contribution in [2.24, 2.45) is 0 Å². The summed E-state index contributed by atoms with van der Waals surface area (Å²) in [5, 5.41) is 9.46. The molecule has 0 spiro atoms. The van der Waals surface area contributed by atoms with Gasteiger partial charge >= 0.3 is 5.63 Å². The summed E-state index contributed by atoms with van der Waals surface area (Å²) in [6.45, 7) is 3.96. The Labute approximate surface area is 141 Å². The molecule has 0 fully saturated rings. The number of nitrogens with zero attached hydrogens (tertiary/aromatic N) is 2. The Kier molecular flexibility index (Phi) is 4.77. The van der Waals surface area contributed by atoms with Crippen molar-refractivity contribution < 1.29 is 8.83 Å². The number of benzene rings is 1. The van der Waals surface area contributed by atoms with Crippen LogP contribution in [0.5, 0.6) is 0 Å². The lowest BCUT2D eigenvalue weighted by atomic mass is 10.0. The number of fused-ring (bicyclic) bond motifs is 1. The second-order valence-electron chi connectivity index (χ2n) is 5.16. The third-order valence-corrected chi connectivity index (χ3v) is 4.99. The van der Waals surface area contributed by atoms with E-state index in [4.69, 9.17) is 8.83 Å². The van der Waals surface area contributed by atoms with Crippen molar-refractivity contribution in [1.82, 2.24) is 10.2 Å². The number of hydrogen-bond acceptors (Lipinski definition) is 7. The highest BCUT2D eigenvalue weighted by Gasteiger charge is 2.12. The Morgan fingerprint density at radius 3 is 2.74 bits per heavy atom. The van der Waals surface area contributed by atoms with Crippen LogP contribution in [0.4, 0.5) is 0 Å². The predicted octanol–water partition coefficient (Wildman–Crippen LogP) is 3.95. The monoisotopic (exact) mass is 348 g/mol. The van der Waals surface area contributed by atoms with E-state index in [1.54, 1.807) is 11.8 Å². The number of aryl methyl sites for hydroxylation is 2. The van der Waals surface area contributed by atoms with Crippen LogP contribution in [0, 0.1) is 13.8 Å². The summed E-state index contributed by atoms with van der Waals surface area (Å²) >= 11 is 3.05. The van der Waals surface area contributed by atoms with Gasteiger partial charge in [-0.05, 0) is 36.8 Å². The van der Waals surface area contributed by atoms with Gasteiger partial charge in [0.05, 0.1) is 5.75 Å². The Morgan fingerprint density at radius 2 is 1.96 bits per heavy atom. The molecule has 3 aromatic rings. The van der Waals surface area contributed by atoms with Crippen LogP contribution in [-0.2, 0) is 11.5 Å². The predicted molar refractivity (Wildman–Crippen MR) is 93.0 cm³/mol. The molecule has 1 aromatic carbocycles. The van der Waals surface area contributed by atoms with E-state index in [-0.39, 0.29) is 5.63 Å².